The summed E-state index contributed by atoms with van der Waals surface area (Å²) in [7, 11) is 0. The fraction of sp³-hybridized carbons (Fsp3) is 0.200. The van der Waals surface area contributed by atoms with Crippen molar-refractivity contribution in [2.45, 2.75) is 19.3 Å². The van der Waals surface area contributed by atoms with Crippen LogP contribution in [0.15, 0.2) is 59.1 Å². The molecule has 0 fully saturated rings. The van der Waals surface area contributed by atoms with E-state index in [1.807, 2.05) is 0 Å². The van der Waals surface area contributed by atoms with Crippen molar-refractivity contribution < 1.29 is 0 Å². The molecule has 0 aliphatic heterocycles. The molecular formula is C15H15Br. The van der Waals surface area contributed by atoms with Crippen molar-refractivity contribution in [3.05, 3.63) is 70.2 Å². The number of hydrogen-bond donors (Lipinski definition) is 0. The maximum atomic E-state index is 3.58. The third kappa shape index (κ3) is 3.21. The Morgan fingerprint density at radius 3 is 2.19 bits per heavy atom. The van der Waals surface area contributed by atoms with Gasteiger partial charge in [-0.2, -0.15) is 0 Å². The summed E-state index contributed by atoms with van der Waals surface area (Å²) >= 11 is 3.58. The summed E-state index contributed by atoms with van der Waals surface area (Å²) in [5, 5.41) is 0. The second-order valence-electron chi connectivity index (χ2n) is 3.93. The lowest BCUT2D eigenvalue weighted by Gasteiger charge is -2.04. The highest BCUT2D eigenvalue weighted by molar-refractivity contribution is 9.10. The molecule has 82 valence electrons. The first-order valence-electron chi connectivity index (χ1n) is 5.63. The monoisotopic (exact) mass is 274 g/mol. The molecule has 1 heteroatoms. The second-order valence-corrected chi connectivity index (χ2v) is 4.78. The Morgan fingerprint density at radius 2 is 1.44 bits per heavy atom. The van der Waals surface area contributed by atoms with E-state index in [1.165, 1.54) is 22.0 Å². The summed E-state index contributed by atoms with van der Waals surface area (Å²) < 4.78 is 1.23. The molecule has 0 N–H and O–H groups in total. The summed E-state index contributed by atoms with van der Waals surface area (Å²) in [5.74, 6) is 0. The minimum absolute atomic E-state index is 1.14. The van der Waals surface area contributed by atoms with Gasteiger partial charge < -0.3 is 0 Å². The minimum atomic E-state index is 1.14. The van der Waals surface area contributed by atoms with Gasteiger partial charge in [0, 0.05) is 4.47 Å². The first-order chi connectivity index (χ1) is 7.86. The van der Waals surface area contributed by atoms with Crippen LogP contribution in [0.4, 0.5) is 0 Å². The smallest absolute Gasteiger partial charge is 0.0207 e. The van der Waals surface area contributed by atoms with Gasteiger partial charge in [-0.15, -0.1) is 0 Å². The normalized spacial score (nSPS) is 10.3. The summed E-state index contributed by atoms with van der Waals surface area (Å²) in [6, 6.07) is 19.1. The van der Waals surface area contributed by atoms with Crippen molar-refractivity contribution in [3.8, 4) is 0 Å². The number of aryl methyl sites for hydroxylation is 2. The molecule has 2 rings (SSSR count). The van der Waals surface area contributed by atoms with E-state index >= 15 is 0 Å². The fourth-order valence-corrected chi connectivity index (χ4v) is 2.31. The summed E-state index contributed by atoms with van der Waals surface area (Å²) in [6.07, 6.45) is 3.49. The molecule has 0 bridgehead atoms. The van der Waals surface area contributed by atoms with Crippen molar-refractivity contribution in [2.24, 2.45) is 0 Å². The van der Waals surface area contributed by atoms with Gasteiger partial charge >= 0.3 is 0 Å². The molecule has 16 heavy (non-hydrogen) atoms. The van der Waals surface area contributed by atoms with Crippen molar-refractivity contribution >= 4 is 15.9 Å². The van der Waals surface area contributed by atoms with Gasteiger partial charge in [-0.3, -0.25) is 0 Å². The largest absolute Gasteiger partial charge is 0.0622 e. The number of rotatable bonds is 4. The quantitative estimate of drug-likeness (QED) is 0.763. The first kappa shape index (κ1) is 11.4. The lowest BCUT2D eigenvalue weighted by molar-refractivity contribution is 0.818. The van der Waals surface area contributed by atoms with Crippen LogP contribution in [0.2, 0.25) is 0 Å². The number of benzene rings is 2. The lowest BCUT2D eigenvalue weighted by atomic mass is 10.0. The van der Waals surface area contributed by atoms with Gasteiger partial charge in [0.15, 0.2) is 0 Å². The predicted molar refractivity (Wildman–Crippen MR) is 72.6 cm³/mol. The molecular weight excluding hydrogens is 260 g/mol. The Kier molecular flexibility index (Phi) is 4.17. The highest BCUT2D eigenvalue weighted by Crippen LogP contribution is 2.18. The van der Waals surface area contributed by atoms with E-state index in [1.54, 1.807) is 0 Å². The summed E-state index contributed by atoms with van der Waals surface area (Å²) in [5.41, 5.74) is 2.83. The molecule has 0 atom stereocenters. The first-order valence-corrected chi connectivity index (χ1v) is 6.43. The third-order valence-electron chi connectivity index (χ3n) is 2.71. The summed E-state index contributed by atoms with van der Waals surface area (Å²) in [4.78, 5) is 0. The Morgan fingerprint density at radius 1 is 0.750 bits per heavy atom. The van der Waals surface area contributed by atoms with Crippen molar-refractivity contribution in [1.82, 2.24) is 0 Å². The van der Waals surface area contributed by atoms with E-state index < -0.39 is 0 Å². The van der Waals surface area contributed by atoms with Crippen molar-refractivity contribution in [2.75, 3.05) is 0 Å². The van der Waals surface area contributed by atoms with Crippen LogP contribution in [-0.4, -0.2) is 0 Å². The Labute approximate surface area is 105 Å². The second kappa shape index (κ2) is 5.86. The molecule has 0 nitrogen and oxygen atoms in total. The minimum Gasteiger partial charge on any atom is -0.0622 e. The van der Waals surface area contributed by atoms with E-state index in [2.05, 4.69) is 70.5 Å². The molecule has 0 amide bonds. The van der Waals surface area contributed by atoms with Gasteiger partial charge in [0.1, 0.15) is 0 Å². The molecule has 0 spiro atoms. The summed E-state index contributed by atoms with van der Waals surface area (Å²) in [6.45, 7) is 0. The number of halogens is 1. The molecule has 0 radical (unpaired) electrons. The maximum absolute atomic E-state index is 3.58. The molecule has 0 heterocycles. The van der Waals surface area contributed by atoms with Crippen molar-refractivity contribution in [3.63, 3.8) is 0 Å². The van der Waals surface area contributed by atoms with Crippen LogP contribution in [0, 0.1) is 0 Å². The maximum Gasteiger partial charge on any atom is 0.0207 e. The van der Waals surface area contributed by atoms with Gasteiger partial charge in [0.25, 0.3) is 0 Å². The van der Waals surface area contributed by atoms with Crippen LogP contribution in [0.3, 0.4) is 0 Å². The highest BCUT2D eigenvalue weighted by Gasteiger charge is 1.98. The van der Waals surface area contributed by atoms with Crippen LogP contribution in [0.25, 0.3) is 0 Å². The molecule has 0 aliphatic rings. The topological polar surface area (TPSA) is 0 Å². The van der Waals surface area contributed by atoms with Gasteiger partial charge in [-0.1, -0.05) is 64.5 Å². The van der Waals surface area contributed by atoms with Crippen LogP contribution in [0.5, 0.6) is 0 Å². The van der Waals surface area contributed by atoms with E-state index in [0.717, 1.165) is 12.8 Å². The van der Waals surface area contributed by atoms with Crippen LogP contribution in [-0.2, 0) is 12.8 Å². The Hall–Kier alpha value is -1.08. The fourth-order valence-electron chi connectivity index (χ4n) is 1.83. The standard InChI is InChI=1S/C15H15Br/c16-15-12-5-4-10-14(15)11-6-9-13-7-2-1-3-8-13/h1-5,7-8,10,12H,6,9,11H2. The molecule has 0 unspecified atom stereocenters. The van der Waals surface area contributed by atoms with Gasteiger partial charge in [-0.05, 0) is 36.5 Å². The van der Waals surface area contributed by atoms with E-state index in [4.69, 9.17) is 0 Å². The van der Waals surface area contributed by atoms with E-state index in [9.17, 15) is 0 Å². The predicted octanol–water partition coefficient (Wildman–Crippen LogP) is 4.62. The van der Waals surface area contributed by atoms with Gasteiger partial charge in [0.2, 0.25) is 0 Å². The average Bonchev–Trinajstić information content (AvgIpc) is 2.33. The zero-order valence-electron chi connectivity index (χ0n) is 9.20. The Bertz CT molecular complexity index is 434. The van der Waals surface area contributed by atoms with Crippen molar-refractivity contribution in [1.29, 1.82) is 0 Å². The molecule has 0 aliphatic carbocycles. The third-order valence-corrected chi connectivity index (χ3v) is 3.49. The van der Waals surface area contributed by atoms with Gasteiger partial charge in [0.05, 0.1) is 0 Å². The molecule has 0 saturated carbocycles. The van der Waals surface area contributed by atoms with Crippen LogP contribution in [0.1, 0.15) is 17.5 Å². The zero-order chi connectivity index (χ0) is 11.2. The lowest BCUT2D eigenvalue weighted by Crippen LogP contribution is -1.90. The molecule has 0 aromatic heterocycles. The SMILES string of the molecule is Brc1ccccc1CCCc1ccccc1. The Balaban J connectivity index is 1.87. The highest BCUT2D eigenvalue weighted by atomic mass is 79.9. The molecule has 2 aromatic carbocycles. The van der Waals surface area contributed by atoms with E-state index in [0.29, 0.717) is 0 Å². The van der Waals surface area contributed by atoms with Gasteiger partial charge in [-0.25, -0.2) is 0 Å². The van der Waals surface area contributed by atoms with E-state index in [-0.39, 0.29) is 0 Å². The van der Waals surface area contributed by atoms with Crippen LogP contribution >= 0.6 is 15.9 Å². The average molecular weight is 275 g/mol. The molecule has 2 aromatic rings. The number of hydrogen-bond acceptors (Lipinski definition) is 0. The van der Waals surface area contributed by atoms with Crippen LogP contribution < -0.4 is 0 Å². The zero-order valence-corrected chi connectivity index (χ0v) is 10.8. The molecule has 0 saturated heterocycles.